The van der Waals surface area contributed by atoms with Crippen molar-refractivity contribution in [3.8, 4) is 0 Å². The molecular weight excluding hydrogens is 226 g/mol. The van der Waals surface area contributed by atoms with E-state index in [4.69, 9.17) is 5.84 Å². The molecule has 0 spiro atoms. The minimum absolute atomic E-state index is 0.117. The van der Waals surface area contributed by atoms with Crippen LogP contribution in [0.1, 0.15) is 18.4 Å². The molecule has 0 aromatic carbocycles. The Morgan fingerprint density at radius 1 is 1.35 bits per heavy atom. The summed E-state index contributed by atoms with van der Waals surface area (Å²) in [5.74, 6) is 4.03. The van der Waals surface area contributed by atoms with Crippen LogP contribution in [-0.2, 0) is 0 Å². The standard InChI is InChI=1S/C11H16F2N4/c1-8-6-9(16-14)15-10(7-8)17-4-2-11(12,13)3-5-17/h6-7H,2-5,14H2,1H3,(H,15,16). The SMILES string of the molecule is Cc1cc(NN)nc(N2CCC(F)(F)CC2)c1. The first-order chi connectivity index (χ1) is 8.00. The Balaban J connectivity index is 2.15. The highest BCUT2D eigenvalue weighted by Gasteiger charge is 2.34. The lowest BCUT2D eigenvalue weighted by atomic mass is 10.1. The van der Waals surface area contributed by atoms with Crippen LogP contribution in [0, 0.1) is 6.92 Å². The summed E-state index contributed by atoms with van der Waals surface area (Å²) in [7, 11) is 0. The van der Waals surface area contributed by atoms with E-state index in [0.717, 1.165) is 5.56 Å². The number of halogens is 2. The molecule has 0 bridgehead atoms. The van der Waals surface area contributed by atoms with Gasteiger partial charge in [-0.15, -0.1) is 0 Å². The Hall–Kier alpha value is -1.43. The molecule has 0 saturated carbocycles. The molecule has 1 aromatic heterocycles. The minimum Gasteiger partial charge on any atom is -0.356 e. The molecule has 1 saturated heterocycles. The van der Waals surface area contributed by atoms with Gasteiger partial charge in [0.05, 0.1) is 0 Å². The third kappa shape index (κ3) is 2.82. The molecule has 1 aliphatic rings. The van der Waals surface area contributed by atoms with Crippen LogP contribution in [0.15, 0.2) is 12.1 Å². The first kappa shape index (κ1) is 12.0. The summed E-state index contributed by atoms with van der Waals surface area (Å²) >= 11 is 0. The van der Waals surface area contributed by atoms with E-state index in [1.165, 1.54) is 0 Å². The number of nitrogen functional groups attached to an aromatic ring is 1. The Labute approximate surface area is 98.8 Å². The Morgan fingerprint density at radius 3 is 2.59 bits per heavy atom. The Morgan fingerprint density at radius 2 is 2.00 bits per heavy atom. The average molecular weight is 242 g/mol. The second kappa shape index (κ2) is 4.44. The molecule has 94 valence electrons. The van der Waals surface area contributed by atoms with E-state index in [-0.39, 0.29) is 12.8 Å². The maximum atomic E-state index is 13.0. The zero-order valence-corrected chi connectivity index (χ0v) is 9.71. The molecular formula is C11H16F2N4. The van der Waals surface area contributed by atoms with Gasteiger partial charge in [0.15, 0.2) is 0 Å². The number of aromatic nitrogens is 1. The number of nitrogens with one attached hydrogen (secondary N) is 1. The van der Waals surface area contributed by atoms with Gasteiger partial charge in [0, 0.05) is 25.9 Å². The molecule has 3 N–H and O–H groups in total. The molecule has 2 heterocycles. The van der Waals surface area contributed by atoms with Crippen molar-refractivity contribution in [1.29, 1.82) is 0 Å². The first-order valence-corrected chi connectivity index (χ1v) is 5.58. The molecule has 0 radical (unpaired) electrons. The van der Waals surface area contributed by atoms with Crippen LogP contribution in [0.25, 0.3) is 0 Å². The largest absolute Gasteiger partial charge is 0.356 e. The van der Waals surface area contributed by atoms with Gasteiger partial charge in [0.2, 0.25) is 0 Å². The lowest BCUT2D eigenvalue weighted by Gasteiger charge is -2.32. The van der Waals surface area contributed by atoms with Crippen LogP contribution < -0.4 is 16.2 Å². The maximum absolute atomic E-state index is 13.0. The summed E-state index contributed by atoms with van der Waals surface area (Å²) in [6.07, 6.45) is -0.234. The monoisotopic (exact) mass is 242 g/mol. The van der Waals surface area contributed by atoms with E-state index in [0.29, 0.717) is 24.7 Å². The first-order valence-electron chi connectivity index (χ1n) is 5.58. The summed E-state index contributed by atoms with van der Waals surface area (Å²) in [4.78, 5) is 6.13. The van der Waals surface area contributed by atoms with E-state index in [2.05, 4.69) is 10.4 Å². The van der Waals surface area contributed by atoms with Crippen molar-refractivity contribution in [2.45, 2.75) is 25.7 Å². The number of piperidine rings is 1. The number of hydrazine groups is 1. The smallest absolute Gasteiger partial charge is 0.251 e. The summed E-state index contributed by atoms with van der Waals surface area (Å²) in [5.41, 5.74) is 3.48. The fraction of sp³-hybridized carbons (Fsp3) is 0.545. The van der Waals surface area contributed by atoms with Crippen LogP contribution in [0.2, 0.25) is 0 Å². The van der Waals surface area contributed by atoms with E-state index in [9.17, 15) is 8.78 Å². The third-order valence-electron chi connectivity index (χ3n) is 2.92. The molecule has 17 heavy (non-hydrogen) atoms. The molecule has 0 atom stereocenters. The summed E-state index contributed by atoms with van der Waals surface area (Å²) in [6.45, 7) is 2.57. The molecule has 1 aromatic rings. The number of alkyl halides is 2. The molecule has 1 fully saturated rings. The van der Waals surface area contributed by atoms with Crippen molar-refractivity contribution >= 4 is 11.6 Å². The van der Waals surface area contributed by atoms with Gasteiger partial charge in [-0.25, -0.2) is 19.6 Å². The number of nitrogens with zero attached hydrogens (tertiary/aromatic N) is 2. The quantitative estimate of drug-likeness (QED) is 0.614. The fourth-order valence-corrected chi connectivity index (χ4v) is 1.95. The lowest BCUT2D eigenvalue weighted by molar-refractivity contribution is -0.0221. The summed E-state index contributed by atoms with van der Waals surface area (Å²) < 4.78 is 26.1. The van der Waals surface area contributed by atoms with Crippen LogP contribution in [0.5, 0.6) is 0 Å². The van der Waals surface area contributed by atoms with Crippen molar-refractivity contribution in [2.24, 2.45) is 5.84 Å². The topological polar surface area (TPSA) is 54.2 Å². The molecule has 6 heteroatoms. The van der Waals surface area contributed by atoms with Crippen LogP contribution in [-0.4, -0.2) is 24.0 Å². The van der Waals surface area contributed by atoms with Crippen molar-refractivity contribution in [1.82, 2.24) is 4.98 Å². The zero-order chi connectivity index (χ0) is 12.5. The van der Waals surface area contributed by atoms with Crippen molar-refractivity contribution in [3.63, 3.8) is 0 Å². The predicted molar refractivity (Wildman–Crippen MR) is 63.2 cm³/mol. The van der Waals surface area contributed by atoms with Gasteiger partial charge in [-0.3, -0.25) is 0 Å². The highest BCUT2D eigenvalue weighted by molar-refractivity contribution is 5.50. The Kier molecular flexibility index (Phi) is 3.15. The number of aryl methyl sites for hydroxylation is 1. The van der Waals surface area contributed by atoms with Crippen molar-refractivity contribution < 1.29 is 8.78 Å². The average Bonchev–Trinajstić information content (AvgIpc) is 2.28. The molecule has 0 unspecified atom stereocenters. The fourth-order valence-electron chi connectivity index (χ4n) is 1.95. The number of pyridine rings is 1. The molecule has 1 aliphatic heterocycles. The molecule has 4 nitrogen and oxygen atoms in total. The lowest BCUT2D eigenvalue weighted by Crippen LogP contribution is -2.39. The third-order valence-corrected chi connectivity index (χ3v) is 2.92. The number of nitrogens with two attached hydrogens (primary N) is 1. The van der Waals surface area contributed by atoms with Crippen LogP contribution in [0.3, 0.4) is 0 Å². The van der Waals surface area contributed by atoms with Gasteiger partial charge in [-0.05, 0) is 24.6 Å². The van der Waals surface area contributed by atoms with Crippen molar-refractivity contribution in [2.75, 3.05) is 23.4 Å². The normalized spacial score (nSPS) is 19.2. The van der Waals surface area contributed by atoms with E-state index in [1.807, 2.05) is 24.0 Å². The van der Waals surface area contributed by atoms with Crippen molar-refractivity contribution in [3.05, 3.63) is 17.7 Å². The van der Waals surface area contributed by atoms with Gasteiger partial charge < -0.3 is 10.3 Å². The number of rotatable bonds is 2. The van der Waals surface area contributed by atoms with E-state index >= 15 is 0 Å². The number of hydrogen-bond donors (Lipinski definition) is 2. The van der Waals surface area contributed by atoms with Gasteiger partial charge >= 0.3 is 0 Å². The van der Waals surface area contributed by atoms with Crippen LogP contribution in [0.4, 0.5) is 20.4 Å². The second-order valence-corrected chi connectivity index (χ2v) is 4.38. The Bertz CT molecular complexity index is 398. The van der Waals surface area contributed by atoms with Gasteiger partial charge in [0.25, 0.3) is 5.92 Å². The highest BCUT2D eigenvalue weighted by Crippen LogP contribution is 2.30. The molecule has 0 amide bonds. The molecule has 0 aliphatic carbocycles. The highest BCUT2D eigenvalue weighted by atomic mass is 19.3. The van der Waals surface area contributed by atoms with Crippen LogP contribution >= 0.6 is 0 Å². The van der Waals surface area contributed by atoms with Gasteiger partial charge in [0.1, 0.15) is 11.6 Å². The summed E-state index contributed by atoms with van der Waals surface area (Å²) in [5, 5.41) is 0. The second-order valence-electron chi connectivity index (χ2n) is 4.38. The van der Waals surface area contributed by atoms with Gasteiger partial charge in [-0.1, -0.05) is 0 Å². The maximum Gasteiger partial charge on any atom is 0.251 e. The van der Waals surface area contributed by atoms with E-state index in [1.54, 1.807) is 0 Å². The zero-order valence-electron chi connectivity index (χ0n) is 9.71. The van der Waals surface area contributed by atoms with Gasteiger partial charge in [-0.2, -0.15) is 0 Å². The number of hydrogen-bond acceptors (Lipinski definition) is 4. The van der Waals surface area contributed by atoms with E-state index < -0.39 is 5.92 Å². The predicted octanol–water partition coefficient (Wildman–Crippen LogP) is 1.91. The molecule has 2 rings (SSSR count). The number of anilines is 2. The summed E-state index contributed by atoms with van der Waals surface area (Å²) in [6, 6.07) is 3.69. The minimum atomic E-state index is -2.53.